The Bertz CT molecular complexity index is 563. The highest BCUT2D eigenvalue weighted by Crippen LogP contribution is 2.26. The molecular formula is C22H36N2O2. The molecule has 0 aliphatic carbocycles. The van der Waals surface area contributed by atoms with Gasteiger partial charge in [0.2, 0.25) is 0 Å². The Morgan fingerprint density at radius 1 is 1.19 bits per heavy atom. The average molecular weight is 361 g/mol. The SMILES string of the molecule is CC(C)c1ccccc1O[C@@H](C)C(=O)NCCCN1C[C@H](C)C[C@@H](C)C1. The molecule has 1 fully saturated rings. The van der Waals surface area contributed by atoms with Crippen LogP contribution < -0.4 is 10.1 Å². The first-order valence-corrected chi connectivity index (χ1v) is 10.1. The van der Waals surface area contributed by atoms with Gasteiger partial charge < -0.3 is 15.0 Å². The van der Waals surface area contributed by atoms with Crippen molar-refractivity contribution in [2.45, 2.75) is 59.5 Å². The number of nitrogens with zero attached hydrogens (tertiary/aromatic N) is 1. The van der Waals surface area contributed by atoms with Crippen LogP contribution in [0.4, 0.5) is 0 Å². The van der Waals surface area contributed by atoms with Gasteiger partial charge in [0, 0.05) is 19.6 Å². The summed E-state index contributed by atoms with van der Waals surface area (Å²) in [7, 11) is 0. The smallest absolute Gasteiger partial charge is 0.260 e. The molecule has 0 saturated carbocycles. The lowest BCUT2D eigenvalue weighted by Gasteiger charge is -2.34. The standard InChI is InChI=1S/C22H36N2O2/c1-16(2)20-9-6-7-10-21(20)26-19(5)22(25)23-11-8-12-24-14-17(3)13-18(4)15-24/h6-7,9-10,16-19H,8,11-15H2,1-5H3,(H,23,25)/t17-,18-,19+/m1/s1. The summed E-state index contributed by atoms with van der Waals surface area (Å²) in [5, 5.41) is 3.02. The van der Waals surface area contributed by atoms with Gasteiger partial charge in [0.05, 0.1) is 0 Å². The molecule has 146 valence electrons. The van der Waals surface area contributed by atoms with Gasteiger partial charge in [-0.15, -0.1) is 0 Å². The molecular weight excluding hydrogens is 324 g/mol. The molecule has 1 amide bonds. The molecule has 0 bridgehead atoms. The summed E-state index contributed by atoms with van der Waals surface area (Å²) in [6, 6.07) is 7.96. The molecule has 1 aromatic carbocycles. The normalized spacial score (nSPS) is 22.2. The number of nitrogens with one attached hydrogen (secondary N) is 1. The lowest BCUT2D eigenvalue weighted by molar-refractivity contribution is -0.127. The van der Waals surface area contributed by atoms with Gasteiger partial charge in [0.25, 0.3) is 5.91 Å². The summed E-state index contributed by atoms with van der Waals surface area (Å²) in [4.78, 5) is 14.9. The zero-order valence-electron chi connectivity index (χ0n) is 17.1. The third-order valence-electron chi connectivity index (χ3n) is 5.11. The molecule has 26 heavy (non-hydrogen) atoms. The number of likely N-dealkylation sites (tertiary alicyclic amines) is 1. The van der Waals surface area contributed by atoms with E-state index in [2.05, 4.69) is 44.0 Å². The van der Waals surface area contributed by atoms with E-state index in [9.17, 15) is 4.79 Å². The Kier molecular flexibility index (Phi) is 7.95. The Morgan fingerprint density at radius 2 is 1.85 bits per heavy atom. The first kappa shape index (κ1) is 20.8. The molecule has 1 N–H and O–H groups in total. The van der Waals surface area contributed by atoms with E-state index in [1.54, 1.807) is 0 Å². The molecule has 0 spiro atoms. The van der Waals surface area contributed by atoms with Crippen LogP contribution in [0.3, 0.4) is 0 Å². The molecule has 0 unspecified atom stereocenters. The number of hydrogen-bond acceptors (Lipinski definition) is 3. The van der Waals surface area contributed by atoms with Crippen LogP contribution in [0.15, 0.2) is 24.3 Å². The lowest BCUT2D eigenvalue weighted by atomic mass is 9.92. The van der Waals surface area contributed by atoms with Crippen LogP contribution >= 0.6 is 0 Å². The number of amides is 1. The van der Waals surface area contributed by atoms with Crippen molar-refractivity contribution in [1.29, 1.82) is 0 Å². The highest BCUT2D eigenvalue weighted by molar-refractivity contribution is 5.80. The van der Waals surface area contributed by atoms with Crippen molar-refractivity contribution in [3.63, 3.8) is 0 Å². The largest absolute Gasteiger partial charge is 0.481 e. The van der Waals surface area contributed by atoms with E-state index in [1.807, 2.05) is 25.1 Å². The summed E-state index contributed by atoms with van der Waals surface area (Å²) in [5.41, 5.74) is 1.14. The number of ether oxygens (including phenoxy) is 1. The van der Waals surface area contributed by atoms with Crippen molar-refractivity contribution < 1.29 is 9.53 Å². The van der Waals surface area contributed by atoms with E-state index in [0.717, 1.165) is 36.1 Å². The fraction of sp³-hybridized carbons (Fsp3) is 0.682. The van der Waals surface area contributed by atoms with Crippen LogP contribution in [0.2, 0.25) is 0 Å². The van der Waals surface area contributed by atoms with Gasteiger partial charge >= 0.3 is 0 Å². The van der Waals surface area contributed by atoms with E-state index in [1.165, 1.54) is 19.5 Å². The molecule has 2 rings (SSSR count). The minimum atomic E-state index is -0.482. The molecule has 1 heterocycles. The highest BCUT2D eigenvalue weighted by Gasteiger charge is 2.21. The van der Waals surface area contributed by atoms with Gasteiger partial charge in [-0.3, -0.25) is 4.79 Å². The minimum Gasteiger partial charge on any atom is -0.481 e. The van der Waals surface area contributed by atoms with Crippen LogP contribution in [0.25, 0.3) is 0 Å². The van der Waals surface area contributed by atoms with E-state index >= 15 is 0 Å². The molecule has 0 radical (unpaired) electrons. The Morgan fingerprint density at radius 3 is 2.50 bits per heavy atom. The summed E-state index contributed by atoms with van der Waals surface area (Å²) in [5.74, 6) is 2.70. The number of rotatable bonds is 8. The maximum Gasteiger partial charge on any atom is 0.260 e. The topological polar surface area (TPSA) is 41.6 Å². The quantitative estimate of drug-likeness (QED) is 0.711. The first-order valence-electron chi connectivity index (χ1n) is 10.1. The fourth-order valence-electron chi connectivity index (χ4n) is 3.94. The van der Waals surface area contributed by atoms with Crippen LogP contribution in [0.1, 0.15) is 58.9 Å². The molecule has 4 heteroatoms. The number of hydrogen-bond donors (Lipinski definition) is 1. The number of para-hydroxylation sites is 1. The van der Waals surface area contributed by atoms with Gasteiger partial charge in [0.1, 0.15) is 5.75 Å². The van der Waals surface area contributed by atoms with Gasteiger partial charge in [-0.2, -0.15) is 0 Å². The Balaban J connectivity index is 1.72. The van der Waals surface area contributed by atoms with E-state index < -0.39 is 6.10 Å². The molecule has 1 aliphatic rings. The zero-order valence-corrected chi connectivity index (χ0v) is 17.1. The van der Waals surface area contributed by atoms with Crippen LogP contribution in [0.5, 0.6) is 5.75 Å². The molecule has 1 aromatic rings. The van der Waals surface area contributed by atoms with Crippen LogP contribution in [-0.4, -0.2) is 43.1 Å². The van der Waals surface area contributed by atoms with Crippen LogP contribution in [0, 0.1) is 11.8 Å². The fourth-order valence-corrected chi connectivity index (χ4v) is 3.94. The summed E-state index contributed by atoms with van der Waals surface area (Å²) in [6.45, 7) is 14.9. The second-order valence-corrected chi connectivity index (χ2v) is 8.30. The number of carbonyl (C=O) groups is 1. The van der Waals surface area contributed by atoms with Gasteiger partial charge in [-0.1, -0.05) is 45.9 Å². The third kappa shape index (κ3) is 6.31. The van der Waals surface area contributed by atoms with Crippen molar-refractivity contribution in [2.24, 2.45) is 11.8 Å². The van der Waals surface area contributed by atoms with Crippen molar-refractivity contribution in [1.82, 2.24) is 10.2 Å². The molecule has 1 aliphatic heterocycles. The third-order valence-corrected chi connectivity index (χ3v) is 5.11. The maximum atomic E-state index is 12.3. The summed E-state index contributed by atoms with van der Waals surface area (Å²) in [6.07, 6.45) is 1.84. The predicted octanol–water partition coefficient (Wildman–Crippen LogP) is 4.06. The molecule has 4 nitrogen and oxygen atoms in total. The Labute approximate surface area is 159 Å². The minimum absolute atomic E-state index is 0.0380. The first-order chi connectivity index (χ1) is 12.4. The van der Waals surface area contributed by atoms with E-state index in [4.69, 9.17) is 4.74 Å². The highest BCUT2D eigenvalue weighted by atomic mass is 16.5. The lowest BCUT2D eigenvalue weighted by Crippen LogP contribution is -2.41. The second-order valence-electron chi connectivity index (χ2n) is 8.30. The molecule has 0 aromatic heterocycles. The monoisotopic (exact) mass is 360 g/mol. The Hall–Kier alpha value is -1.55. The second kappa shape index (κ2) is 9.96. The number of carbonyl (C=O) groups excluding carboxylic acids is 1. The number of piperidine rings is 1. The van der Waals surface area contributed by atoms with Crippen molar-refractivity contribution >= 4 is 5.91 Å². The molecule has 3 atom stereocenters. The van der Waals surface area contributed by atoms with Gasteiger partial charge in [-0.25, -0.2) is 0 Å². The van der Waals surface area contributed by atoms with Gasteiger partial charge in [0.15, 0.2) is 6.10 Å². The van der Waals surface area contributed by atoms with Crippen molar-refractivity contribution in [3.8, 4) is 5.75 Å². The van der Waals surface area contributed by atoms with Crippen LogP contribution in [-0.2, 0) is 4.79 Å². The molecule has 1 saturated heterocycles. The summed E-state index contributed by atoms with van der Waals surface area (Å²) >= 11 is 0. The zero-order chi connectivity index (χ0) is 19.1. The van der Waals surface area contributed by atoms with Gasteiger partial charge in [-0.05, 0) is 55.7 Å². The van der Waals surface area contributed by atoms with Crippen molar-refractivity contribution in [3.05, 3.63) is 29.8 Å². The predicted molar refractivity (Wildman–Crippen MR) is 108 cm³/mol. The summed E-state index contributed by atoms with van der Waals surface area (Å²) < 4.78 is 5.92. The van der Waals surface area contributed by atoms with Crippen molar-refractivity contribution in [2.75, 3.05) is 26.2 Å². The van der Waals surface area contributed by atoms with E-state index in [-0.39, 0.29) is 5.91 Å². The average Bonchev–Trinajstić information content (AvgIpc) is 2.58. The van der Waals surface area contributed by atoms with E-state index in [0.29, 0.717) is 12.5 Å². The maximum absolute atomic E-state index is 12.3. The number of benzene rings is 1.